The Kier molecular flexibility index (Phi) is 6.84. The summed E-state index contributed by atoms with van der Waals surface area (Å²) in [5.74, 6) is -2.45. The third-order valence-electron chi connectivity index (χ3n) is 5.75. The Labute approximate surface area is 207 Å². The lowest BCUT2D eigenvalue weighted by Gasteiger charge is -2.29. The first kappa shape index (κ1) is 24.3. The number of ketones is 1. The van der Waals surface area contributed by atoms with Gasteiger partial charge in [0.25, 0.3) is 0 Å². The summed E-state index contributed by atoms with van der Waals surface area (Å²) in [6.45, 7) is 5.03. The van der Waals surface area contributed by atoms with E-state index >= 15 is 0 Å². The number of benzene rings is 2. The average molecular weight is 498 g/mol. The lowest BCUT2D eigenvalue weighted by Crippen LogP contribution is -2.29. The van der Waals surface area contributed by atoms with E-state index in [9.17, 15) is 14.4 Å². The molecule has 1 atom stereocenters. The van der Waals surface area contributed by atoms with Crippen molar-refractivity contribution in [2.75, 3.05) is 19.8 Å². The number of hydrogen-bond acceptors (Lipinski definition) is 7. The number of halogens is 1. The fourth-order valence-electron chi connectivity index (χ4n) is 4.43. The normalized spacial score (nSPS) is 16.5. The molecule has 2 aliphatic rings. The smallest absolute Gasteiger partial charge is 0.341 e. The molecule has 1 aliphatic heterocycles. The molecular weight excluding hydrogens is 474 g/mol. The number of rotatable bonds is 8. The Morgan fingerprint density at radius 1 is 1.09 bits per heavy atom. The maximum absolute atomic E-state index is 13.6. The number of Topliss-reactive ketones (excluding diaryl/α,β-unsaturated/α-hetero) is 1. The van der Waals surface area contributed by atoms with Gasteiger partial charge in [0.05, 0.1) is 29.5 Å². The standard InChI is InChI=1S/C26H24ClNO7/c1-4-33-18-11-14(10-17(27)25(18)35-12-19(29)30)21-20(26(32)34-5-2)13(3)28-23-15-8-6-7-9-16(15)24(31)22(21)23/h6-11,21,28H,4-5,12H2,1-3H3,(H,29,30)/t21-/m0/s1. The van der Waals surface area contributed by atoms with Crippen LogP contribution in [0.5, 0.6) is 11.5 Å². The van der Waals surface area contributed by atoms with E-state index in [1.54, 1.807) is 45.0 Å². The van der Waals surface area contributed by atoms with Gasteiger partial charge in [-0.3, -0.25) is 4.79 Å². The number of ether oxygens (including phenoxy) is 3. The van der Waals surface area contributed by atoms with Crippen molar-refractivity contribution in [2.24, 2.45) is 0 Å². The van der Waals surface area contributed by atoms with Gasteiger partial charge in [-0.1, -0.05) is 35.9 Å². The van der Waals surface area contributed by atoms with Crippen molar-refractivity contribution >= 4 is 35.0 Å². The summed E-state index contributed by atoms with van der Waals surface area (Å²) in [4.78, 5) is 37.7. The molecule has 0 amide bonds. The zero-order chi connectivity index (χ0) is 25.3. The van der Waals surface area contributed by atoms with Crippen LogP contribution in [0.2, 0.25) is 5.02 Å². The second kappa shape index (κ2) is 9.84. The van der Waals surface area contributed by atoms with E-state index in [4.69, 9.17) is 30.9 Å². The van der Waals surface area contributed by atoms with Gasteiger partial charge in [0.1, 0.15) is 0 Å². The predicted molar refractivity (Wildman–Crippen MR) is 129 cm³/mol. The second-order valence-electron chi connectivity index (χ2n) is 7.93. The van der Waals surface area contributed by atoms with Gasteiger partial charge in [-0.2, -0.15) is 0 Å². The van der Waals surface area contributed by atoms with Gasteiger partial charge in [0, 0.05) is 28.3 Å². The number of carboxylic acid groups (broad SMARTS) is 1. The largest absolute Gasteiger partial charge is 0.490 e. The maximum Gasteiger partial charge on any atom is 0.341 e. The molecule has 9 heteroatoms. The molecule has 0 radical (unpaired) electrons. The van der Waals surface area contributed by atoms with Crippen molar-refractivity contribution in [3.8, 4) is 11.5 Å². The summed E-state index contributed by atoms with van der Waals surface area (Å²) in [6, 6.07) is 10.4. The highest BCUT2D eigenvalue weighted by Crippen LogP contribution is 2.49. The highest BCUT2D eigenvalue weighted by molar-refractivity contribution is 6.32. The molecule has 0 fully saturated rings. The first-order valence-corrected chi connectivity index (χ1v) is 11.5. The zero-order valence-corrected chi connectivity index (χ0v) is 20.2. The minimum atomic E-state index is -1.17. The van der Waals surface area contributed by atoms with Gasteiger partial charge in [0.15, 0.2) is 23.9 Å². The SMILES string of the molecule is CCOC(=O)C1=C(C)NC2=C(C(=O)c3ccccc32)[C@H]1c1cc(Cl)c(OCC(=O)O)c(OCC)c1. The Balaban J connectivity index is 1.91. The van der Waals surface area contributed by atoms with Gasteiger partial charge < -0.3 is 24.6 Å². The van der Waals surface area contributed by atoms with Crippen molar-refractivity contribution in [1.82, 2.24) is 5.32 Å². The van der Waals surface area contributed by atoms with Crippen molar-refractivity contribution in [1.29, 1.82) is 0 Å². The summed E-state index contributed by atoms with van der Waals surface area (Å²) in [7, 11) is 0. The molecule has 0 spiro atoms. The molecule has 0 bridgehead atoms. The van der Waals surface area contributed by atoms with Crippen LogP contribution in [0.15, 0.2) is 53.2 Å². The van der Waals surface area contributed by atoms with E-state index in [1.165, 1.54) is 0 Å². The summed E-state index contributed by atoms with van der Waals surface area (Å²) in [6.07, 6.45) is 0. The van der Waals surface area contributed by atoms with Crippen LogP contribution in [-0.4, -0.2) is 42.6 Å². The molecule has 1 heterocycles. The fraction of sp³-hybridized carbons (Fsp3) is 0.269. The number of dihydropyridines is 1. The highest BCUT2D eigenvalue weighted by atomic mass is 35.5. The molecule has 4 rings (SSSR count). The van der Waals surface area contributed by atoms with E-state index < -0.39 is 24.5 Å². The second-order valence-corrected chi connectivity index (χ2v) is 8.33. The van der Waals surface area contributed by atoms with Gasteiger partial charge in [-0.05, 0) is 38.5 Å². The minimum absolute atomic E-state index is 0.0715. The topological polar surface area (TPSA) is 111 Å². The number of carbonyl (C=O) groups is 3. The molecule has 0 unspecified atom stereocenters. The van der Waals surface area contributed by atoms with Gasteiger partial charge in [0.2, 0.25) is 0 Å². The number of allylic oxidation sites excluding steroid dienone is 2. The van der Waals surface area contributed by atoms with Crippen molar-refractivity contribution in [3.63, 3.8) is 0 Å². The number of carboxylic acids is 1. The molecule has 1 aliphatic carbocycles. The lowest BCUT2D eigenvalue weighted by atomic mass is 9.79. The molecule has 0 saturated carbocycles. The average Bonchev–Trinajstić information content (AvgIpc) is 3.09. The molecule has 182 valence electrons. The first-order chi connectivity index (χ1) is 16.8. The Morgan fingerprint density at radius 3 is 2.46 bits per heavy atom. The van der Waals surface area contributed by atoms with Gasteiger partial charge in [-0.15, -0.1) is 0 Å². The molecule has 8 nitrogen and oxygen atoms in total. The molecule has 0 saturated heterocycles. The van der Waals surface area contributed by atoms with Crippen molar-refractivity contribution < 1.29 is 33.7 Å². The van der Waals surface area contributed by atoms with Crippen LogP contribution in [0.4, 0.5) is 0 Å². The molecular formula is C26H24ClNO7. The minimum Gasteiger partial charge on any atom is -0.490 e. The van der Waals surface area contributed by atoms with Gasteiger partial charge >= 0.3 is 11.9 Å². The van der Waals surface area contributed by atoms with E-state index in [0.29, 0.717) is 28.1 Å². The monoisotopic (exact) mass is 497 g/mol. The summed E-state index contributed by atoms with van der Waals surface area (Å²) < 4.78 is 16.4. The number of aliphatic carboxylic acids is 1. The number of carbonyl (C=O) groups excluding carboxylic acids is 2. The van der Waals surface area contributed by atoms with Crippen LogP contribution in [0.25, 0.3) is 5.70 Å². The lowest BCUT2D eigenvalue weighted by molar-refractivity contribution is -0.140. The van der Waals surface area contributed by atoms with Crippen molar-refractivity contribution in [2.45, 2.75) is 26.7 Å². The van der Waals surface area contributed by atoms with E-state index in [0.717, 1.165) is 5.56 Å². The maximum atomic E-state index is 13.6. The predicted octanol–water partition coefficient (Wildman–Crippen LogP) is 4.33. The van der Waals surface area contributed by atoms with E-state index in [1.807, 2.05) is 12.1 Å². The number of fused-ring (bicyclic) bond motifs is 2. The molecule has 0 aromatic heterocycles. The Hall–Kier alpha value is -3.78. The summed E-state index contributed by atoms with van der Waals surface area (Å²) in [5, 5.41) is 12.4. The fourth-order valence-corrected chi connectivity index (χ4v) is 4.71. The third-order valence-corrected chi connectivity index (χ3v) is 6.03. The van der Waals surface area contributed by atoms with Crippen LogP contribution in [-0.2, 0) is 14.3 Å². The molecule has 35 heavy (non-hydrogen) atoms. The summed E-state index contributed by atoms with van der Waals surface area (Å²) >= 11 is 6.52. The van der Waals surface area contributed by atoms with E-state index in [2.05, 4.69) is 5.32 Å². The number of esters is 1. The van der Waals surface area contributed by atoms with E-state index in [-0.39, 0.29) is 41.1 Å². The third kappa shape index (κ3) is 4.37. The van der Waals surface area contributed by atoms with Crippen LogP contribution in [0, 0.1) is 0 Å². The van der Waals surface area contributed by atoms with Crippen LogP contribution in [0.3, 0.4) is 0 Å². The first-order valence-electron chi connectivity index (χ1n) is 11.1. The van der Waals surface area contributed by atoms with Crippen molar-refractivity contribution in [3.05, 3.63) is 75.0 Å². The molecule has 2 N–H and O–H groups in total. The van der Waals surface area contributed by atoms with Crippen LogP contribution >= 0.6 is 11.6 Å². The van der Waals surface area contributed by atoms with Crippen LogP contribution < -0.4 is 14.8 Å². The quantitative estimate of drug-likeness (QED) is 0.518. The highest BCUT2D eigenvalue weighted by Gasteiger charge is 2.43. The van der Waals surface area contributed by atoms with Gasteiger partial charge in [-0.25, -0.2) is 9.59 Å². The Morgan fingerprint density at radius 2 is 1.80 bits per heavy atom. The zero-order valence-electron chi connectivity index (χ0n) is 19.4. The molecule has 2 aromatic rings. The summed E-state index contributed by atoms with van der Waals surface area (Å²) in [5.41, 5.74) is 3.65. The number of nitrogens with one attached hydrogen (secondary N) is 1. The molecule has 2 aromatic carbocycles. The van der Waals surface area contributed by atoms with Crippen LogP contribution in [0.1, 0.15) is 48.2 Å². The Bertz CT molecular complexity index is 1290. The number of hydrogen-bond donors (Lipinski definition) is 2.